The normalized spacial score (nSPS) is 16.4. The van der Waals surface area contributed by atoms with Crippen molar-refractivity contribution in [3.05, 3.63) is 54.4 Å². The molecule has 0 bridgehead atoms. The molecule has 1 aromatic carbocycles. The Kier molecular flexibility index (Phi) is 3.81. The molecule has 0 unspecified atom stereocenters. The van der Waals surface area contributed by atoms with E-state index in [0.29, 0.717) is 0 Å². The molecule has 0 aliphatic carbocycles. The third-order valence-electron chi connectivity index (χ3n) is 4.02. The van der Waals surface area contributed by atoms with Gasteiger partial charge in [0.05, 0.1) is 0 Å². The van der Waals surface area contributed by atoms with Gasteiger partial charge in [-0.1, -0.05) is 30.3 Å². The average molecular weight is 267 g/mol. The molecular weight excluding hydrogens is 246 g/mol. The van der Waals surface area contributed by atoms with E-state index in [1.807, 2.05) is 18.5 Å². The molecule has 0 amide bonds. The van der Waals surface area contributed by atoms with E-state index in [4.69, 9.17) is 0 Å². The van der Waals surface area contributed by atoms with Gasteiger partial charge < -0.3 is 4.90 Å². The van der Waals surface area contributed by atoms with Gasteiger partial charge >= 0.3 is 0 Å². The predicted octanol–water partition coefficient (Wildman–Crippen LogP) is 2.49. The van der Waals surface area contributed by atoms with Crippen LogP contribution in [-0.2, 0) is 6.54 Å². The Morgan fingerprint density at radius 3 is 2.45 bits per heavy atom. The highest BCUT2D eigenvalue weighted by Gasteiger charge is 2.27. The SMILES string of the molecule is CN(C)C1CN(Cc2ccc(-c3cccnc3)cc2)C1. The second-order valence-corrected chi connectivity index (χ2v) is 5.75. The lowest BCUT2D eigenvalue weighted by molar-refractivity contribution is 0.0574. The van der Waals surface area contributed by atoms with E-state index < -0.39 is 0 Å². The lowest BCUT2D eigenvalue weighted by atomic mass is 10.0. The summed E-state index contributed by atoms with van der Waals surface area (Å²) >= 11 is 0. The smallest absolute Gasteiger partial charge is 0.0346 e. The van der Waals surface area contributed by atoms with E-state index in [0.717, 1.165) is 12.6 Å². The highest BCUT2D eigenvalue weighted by Crippen LogP contribution is 2.21. The van der Waals surface area contributed by atoms with E-state index >= 15 is 0 Å². The lowest BCUT2D eigenvalue weighted by Crippen LogP contribution is -2.56. The van der Waals surface area contributed by atoms with Crippen molar-refractivity contribution in [2.75, 3.05) is 27.2 Å². The van der Waals surface area contributed by atoms with Gasteiger partial charge in [-0.25, -0.2) is 0 Å². The number of benzene rings is 1. The van der Waals surface area contributed by atoms with E-state index in [-0.39, 0.29) is 0 Å². The third kappa shape index (κ3) is 2.89. The largest absolute Gasteiger partial charge is 0.304 e. The first-order valence-corrected chi connectivity index (χ1v) is 7.10. The molecule has 104 valence electrons. The Balaban J connectivity index is 1.60. The Hall–Kier alpha value is -1.71. The second-order valence-electron chi connectivity index (χ2n) is 5.75. The van der Waals surface area contributed by atoms with Crippen molar-refractivity contribution in [1.82, 2.24) is 14.8 Å². The number of aromatic nitrogens is 1. The molecule has 3 nitrogen and oxygen atoms in total. The molecule has 20 heavy (non-hydrogen) atoms. The number of rotatable bonds is 4. The van der Waals surface area contributed by atoms with E-state index in [9.17, 15) is 0 Å². The van der Waals surface area contributed by atoms with E-state index in [1.54, 1.807) is 0 Å². The van der Waals surface area contributed by atoms with Crippen LogP contribution in [0.15, 0.2) is 48.8 Å². The minimum absolute atomic E-state index is 0.727. The van der Waals surface area contributed by atoms with Crippen LogP contribution in [0, 0.1) is 0 Å². The number of likely N-dealkylation sites (tertiary alicyclic amines) is 1. The van der Waals surface area contributed by atoms with Gasteiger partial charge in [0, 0.05) is 38.1 Å². The molecule has 1 aromatic heterocycles. The van der Waals surface area contributed by atoms with Crippen LogP contribution >= 0.6 is 0 Å². The molecule has 0 spiro atoms. The van der Waals surface area contributed by atoms with E-state index in [2.05, 4.69) is 59.2 Å². The molecule has 1 aliphatic rings. The number of hydrogen-bond acceptors (Lipinski definition) is 3. The minimum Gasteiger partial charge on any atom is -0.304 e. The lowest BCUT2D eigenvalue weighted by Gasteiger charge is -2.42. The zero-order valence-electron chi connectivity index (χ0n) is 12.2. The van der Waals surface area contributed by atoms with Gasteiger partial charge in [-0.2, -0.15) is 0 Å². The van der Waals surface area contributed by atoms with Crippen LogP contribution in [0.1, 0.15) is 5.56 Å². The summed E-state index contributed by atoms with van der Waals surface area (Å²) in [7, 11) is 4.31. The minimum atomic E-state index is 0.727. The molecule has 0 N–H and O–H groups in total. The van der Waals surface area contributed by atoms with E-state index in [1.165, 1.54) is 29.8 Å². The average Bonchev–Trinajstić information content (AvgIpc) is 2.43. The molecule has 3 heteroatoms. The summed E-state index contributed by atoms with van der Waals surface area (Å²) < 4.78 is 0. The molecule has 2 aromatic rings. The summed E-state index contributed by atoms with van der Waals surface area (Å²) in [6.45, 7) is 3.41. The van der Waals surface area contributed by atoms with Crippen LogP contribution in [0.5, 0.6) is 0 Å². The topological polar surface area (TPSA) is 19.4 Å². The van der Waals surface area contributed by atoms with Crippen LogP contribution in [0.25, 0.3) is 11.1 Å². The molecule has 1 fully saturated rings. The predicted molar refractivity (Wildman–Crippen MR) is 82.4 cm³/mol. The van der Waals surface area contributed by atoms with Crippen LogP contribution < -0.4 is 0 Å². The fourth-order valence-electron chi connectivity index (χ4n) is 2.59. The monoisotopic (exact) mass is 267 g/mol. The Morgan fingerprint density at radius 2 is 1.85 bits per heavy atom. The molecule has 2 heterocycles. The van der Waals surface area contributed by atoms with Crippen LogP contribution in [0.2, 0.25) is 0 Å². The number of nitrogens with zero attached hydrogens (tertiary/aromatic N) is 3. The van der Waals surface area contributed by atoms with Crippen molar-refractivity contribution in [1.29, 1.82) is 0 Å². The summed E-state index contributed by atoms with van der Waals surface area (Å²) in [6.07, 6.45) is 3.72. The van der Waals surface area contributed by atoms with Crippen molar-refractivity contribution in [2.45, 2.75) is 12.6 Å². The van der Waals surface area contributed by atoms with Gasteiger partial charge in [0.1, 0.15) is 0 Å². The van der Waals surface area contributed by atoms with Crippen molar-refractivity contribution in [3.63, 3.8) is 0 Å². The van der Waals surface area contributed by atoms with Crippen LogP contribution in [-0.4, -0.2) is 48.0 Å². The molecule has 0 radical (unpaired) electrons. The maximum Gasteiger partial charge on any atom is 0.0346 e. The van der Waals surface area contributed by atoms with Crippen LogP contribution in [0.3, 0.4) is 0 Å². The Bertz CT molecular complexity index is 542. The van der Waals surface area contributed by atoms with Crippen LogP contribution in [0.4, 0.5) is 0 Å². The van der Waals surface area contributed by atoms with Gasteiger partial charge in [0.2, 0.25) is 0 Å². The van der Waals surface area contributed by atoms with Gasteiger partial charge in [0.15, 0.2) is 0 Å². The molecule has 0 saturated carbocycles. The summed E-state index contributed by atoms with van der Waals surface area (Å²) in [5.74, 6) is 0. The zero-order valence-corrected chi connectivity index (χ0v) is 12.2. The molecule has 0 atom stereocenters. The van der Waals surface area contributed by atoms with Crippen molar-refractivity contribution >= 4 is 0 Å². The number of pyridine rings is 1. The third-order valence-corrected chi connectivity index (χ3v) is 4.02. The highest BCUT2D eigenvalue weighted by molar-refractivity contribution is 5.62. The summed E-state index contributed by atoms with van der Waals surface area (Å²) in [5, 5.41) is 0. The fourth-order valence-corrected chi connectivity index (χ4v) is 2.59. The van der Waals surface area contributed by atoms with Gasteiger partial charge in [-0.05, 0) is 36.9 Å². The maximum absolute atomic E-state index is 4.17. The van der Waals surface area contributed by atoms with Gasteiger partial charge in [-0.3, -0.25) is 9.88 Å². The summed E-state index contributed by atoms with van der Waals surface area (Å²) in [4.78, 5) is 8.96. The van der Waals surface area contributed by atoms with Gasteiger partial charge in [0.25, 0.3) is 0 Å². The first-order valence-electron chi connectivity index (χ1n) is 7.10. The zero-order chi connectivity index (χ0) is 13.9. The first kappa shape index (κ1) is 13.3. The van der Waals surface area contributed by atoms with Crippen molar-refractivity contribution < 1.29 is 0 Å². The highest BCUT2D eigenvalue weighted by atomic mass is 15.3. The number of likely N-dealkylation sites (N-methyl/N-ethyl adjacent to an activating group) is 1. The quantitative estimate of drug-likeness (QED) is 0.848. The first-order chi connectivity index (χ1) is 9.72. The standard InChI is InChI=1S/C17H21N3/c1-19(2)17-12-20(13-17)11-14-5-7-15(8-6-14)16-4-3-9-18-10-16/h3-10,17H,11-13H2,1-2H3. The maximum atomic E-state index is 4.17. The van der Waals surface area contributed by atoms with Crippen molar-refractivity contribution in [2.24, 2.45) is 0 Å². The van der Waals surface area contributed by atoms with Crippen molar-refractivity contribution in [3.8, 4) is 11.1 Å². The number of hydrogen-bond donors (Lipinski definition) is 0. The fraction of sp³-hybridized carbons (Fsp3) is 0.353. The Labute approximate surface area is 120 Å². The summed E-state index contributed by atoms with van der Waals surface area (Å²) in [6, 6.07) is 13.6. The second kappa shape index (κ2) is 5.73. The molecule has 3 rings (SSSR count). The Morgan fingerprint density at radius 1 is 1.10 bits per heavy atom. The van der Waals surface area contributed by atoms with Gasteiger partial charge in [-0.15, -0.1) is 0 Å². The molecule has 1 saturated heterocycles. The molecule has 1 aliphatic heterocycles. The molecular formula is C17H21N3. The summed E-state index contributed by atoms with van der Waals surface area (Å²) in [5.41, 5.74) is 3.79.